The van der Waals surface area contributed by atoms with Crippen molar-refractivity contribution in [3.05, 3.63) is 56.8 Å². The lowest BCUT2D eigenvalue weighted by molar-refractivity contribution is 0.578. The average Bonchev–Trinajstić information content (AvgIpc) is 2.75. The smallest absolute Gasteiger partial charge is 0.0991 e. The van der Waals surface area contributed by atoms with E-state index in [1.165, 1.54) is 15.3 Å². The molecule has 1 unspecified atom stereocenters. The van der Waals surface area contributed by atoms with Crippen LogP contribution in [0.15, 0.2) is 30.3 Å². The minimum absolute atomic E-state index is 0.246. The van der Waals surface area contributed by atoms with E-state index < -0.39 is 0 Å². The zero-order chi connectivity index (χ0) is 13.8. The molecule has 1 heterocycles. The van der Waals surface area contributed by atoms with E-state index in [1.807, 2.05) is 29.5 Å². The van der Waals surface area contributed by atoms with Gasteiger partial charge in [0, 0.05) is 22.3 Å². The highest BCUT2D eigenvalue weighted by Crippen LogP contribution is 2.21. The minimum atomic E-state index is 0.246. The lowest BCUT2D eigenvalue weighted by Gasteiger charge is -2.13. The summed E-state index contributed by atoms with van der Waals surface area (Å²) < 4.78 is 0. The Morgan fingerprint density at radius 2 is 2.11 bits per heavy atom. The molecule has 2 rings (SSSR count). The number of nitrogens with one attached hydrogen (secondary N) is 1. The summed E-state index contributed by atoms with van der Waals surface area (Å²) in [6, 6.07) is 12.4. The number of aryl methyl sites for hydroxylation is 2. The van der Waals surface area contributed by atoms with Gasteiger partial charge in [0.1, 0.15) is 0 Å². The third-order valence-corrected chi connectivity index (χ3v) is 4.47. The molecule has 1 aromatic carbocycles. The minimum Gasteiger partial charge on any atom is -0.305 e. The molecule has 0 aliphatic rings. The van der Waals surface area contributed by atoms with Crippen LogP contribution in [-0.2, 0) is 6.54 Å². The van der Waals surface area contributed by atoms with Crippen LogP contribution in [-0.4, -0.2) is 0 Å². The molecule has 1 atom stereocenters. The monoisotopic (exact) mass is 270 g/mol. The van der Waals surface area contributed by atoms with Crippen molar-refractivity contribution in [1.29, 1.82) is 5.26 Å². The maximum atomic E-state index is 8.92. The molecular formula is C16H18N2S. The second-order valence-corrected chi connectivity index (χ2v) is 6.13. The fraction of sp³-hybridized carbons (Fsp3) is 0.312. The molecule has 0 bridgehead atoms. The van der Waals surface area contributed by atoms with E-state index in [2.05, 4.69) is 44.3 Å². The van der Waals surface area contributed by atoms with Crippen LogP contribution in [0.3, 0.4) is 0 Å². The molecule has 0 saturated heterocycles. The number of thiophene rings is 1. The molecule has 0 amide bonds. The van der Waals surface area contributed by atoms with Crippen LogP contribution in [0, 0.1) is 25.2 Å². The van der Waals surface area contributed by atoms with Gasteiger partial charge in [-0.15, -0.1) is 11.3 Å². The van der Waals surface area contributed by atoms with Gasteiger partial charge < -0.3 is 5.32 Å². The largest absolute Gasteiger partial charge is 0.305 e. The number of benzene rings is 1. The standard InChI is InChI=1S/C16H18N2S/c1-11-7-16(19-13(11)3)10-18-12(2)15-6-4-5-14(8-15)9-17/h4-8,12,18H,10H2,1-3H3. The van der Waals surface area contributed by atoms with Crippen LogP contribution >= 0.6 is 11.3 Å². The van der Waals surface area contributed by atoms with Crippen LogP contribution in [0.2, 0.25) is 0 Å². The van der Waals surface area contributed by atoms with Crippen LogP contribution in [0.25, 0.3) is 0 Å². The molecule has 0 saturated carbocycles. The summed E-state index contributed by atoms with van der Waals surface area (Å²) in [7, 11) is 0. The number of hydrogen-bond donors (Lipinski definition) is 1. The van der Waals surface area contributed by atoms with E-state index in [0.29, 0.717) is 5.56 Å². The topological polar surface area (TPSA) is 35.8 Å². The van der Waals surface area contributed by atoms with Gasteiger partial charge in [-0.2, -0.15) is 5.26 Å². The Bertz CT molecular complexity index is 588. The van der Waals surface area contributed by atoms with E-state index in [0.717, 1.165) is 12.1 Å². The third kappa shape index (κ3) is 3.44. The van der Waals surface area contributed by atoms with E-state index >= 15 is 0 Å². The maximum absolute atomic E-state index is 8.92. The molecule has 0 aliphatic carbocycles. The summed E-state index contributed by atoms with van der Waals surface area (Å²) in [6.45, 7) is 7.31. The molecule has 98 valence electrons. The van der Waals surface area contributed by atoms with Gasteiger partial charge in [-0.25, -0.2) is 0 Å². The highest BCUT2D eigenvalue weighted by Gasteiger charge is 2.07. The molecule has 3 heteroatoms. The molecule has 0 spiro atoms. The first-order valence-electron chi connectivity index (χ1n) is 6.39. The van der Waals surface area contributed by atoms with Gasteiger partial charge in [-0.05, 0) is 50.1 Å². The predicted octanol–water partition coefficient (Wildman–Crippen LogP) is 4.09. The molecule has 1 aromatic heterocycles. The van der Waals surface area contributed by atoms with E-state index in [4.69, 9.17) is 5.26 Å². The number of nitrogens with zero attached hydrogens (tertiary/aromatic N) is 1. The van der Waals surface area contributed by atoms with Gasteiger partial charge in [-0.3, -0.25) is 0 Å². The van der Waals surface area contributed by atoms with Gasteiger partial charge >= 0.3 is 0 Å². The molecule has 2 aromatic rings. The fourth-order valence-corrected chi connectivity index (χ4v) is 2.99. The molecule has 2 nitrogen and oxygen atoms in total. The first-order valence-corrected chi connectivity index (χ1v) is 7.21. The van der Waals surface area contributed by atoms with E-state index in [-0.39, 0.29) is 6.04 Å². The Kier molecular flexibility index (Phi) is 4.36. The lowest BCUT2D eigenvalue weighted by atomic mass is 10.1. The summed E-state index contributed by atoms with van der Waals surface area (Å²) >= 11 is 1.84. The zero-order valence-corrected chi connectivity index (χ0v) is 12.3. The zero-order valence-electron chi connectivity index (χ0n) is 11.5. The summed E-state index contributed by atoms with van der Waals surface area (Å²) in [6.07, 6.45) is 0. The normalized spacial score (nSPS) is 12.1. The highest BCUT2D eigenvalue weighted by atomic mass is 32.1. The van der Waals surface area contributed by atoms with E-state index in [9.17, 15) is 0 Å². The van der Waals surface area contributed by atoms with Crippen molar-refractivity contribution >= 4 is 11.3 Å². The van der Waals surface area contributed by atoms with Crippen molar-refractivity contribution in [2.75, 3.05) is 0 Å². The van der Waals surface area contributed by atoms with Crippen LogP contribution in [0.1, 0.15) is 39.4 Å². The van der Waals surface area contributed by atoms with E-state index in [1.54, 1.807) is 0 Å². The van der Waals surface area contributed by atoms with Crippen molar-refractivity contribution in [3.63, 3.8) is 0 Å². The van der Waals surface area contributed by atoms with Crippen LogP contribution in [0.5, 0.6) is 0 Å². The Morgan fingerprint density at radius 3 is 2.74 bits per heavy atom. The molecule has 0 aliphatic heterocycles. The van der Waals surface area contributed by atoms with Crippen LogP contribution < -0.4 is 5.32 Å². The molecule has 0 radical (unpaired) electrons. The summed E-state index contributed by atoms with van der Waals surface area (Å²) in [4.78, 5) is 2.74. The summed E-state index contributed by atoms with van der Waals surface area (Å²) in [5.41, 5.74) is 3.24. The Hall–Kier alpha value is -1.63. The van der Waals surface area contributed by atoms with Crippen molar-refractivity contribution in [2.24, 2.45) is 0 Å². The Morgan fingerprint density at radius 1 is 1.32 bits per heavy atom. The lowest BCUT2D eigenvalue weighted by Crippen LogP contribution is -2.17. The molecular weight excluding hydrogens is 252 g/mol. The summed E-state index contributed by atoms with van der Waals surface area (Å²) in [5, 5.41) is 12.4. The highest BCUT2D eigenvalue weighted by molar-refractivity contribution is 7.12. The SMILES string of the molecule is Cc1cc(CNC(C)c2cccc(C#N)c2)sc1C. The van der Waals surface area contributed by atoms with Crippen LogP contribution in [0.4, 0.5) is 0 Å². The number of nitriles is 1. The molecule has 19 heavy (non-hydrogen) atoms. The van der Waals surface area contributed by atoms with Crippen molar-refractivity contribution in [3.8, 4) is 6.07 Å². The Labute approximate surface area is 118 Å². The van der Waals surface area contributed by atoms with Crippen molar-refractivity contribution < 1.29 is 0 Å². The fourth-order valence-electron chi connectivity index (χ4n) is 1.99. The quantitative estimate of drug-likeness (QED) is 0.908. The van der Waals surface area contributed by atoms with Gasteiger partial charge in [0.25, 0.3) is 0 Å². The van der Waals surface area contributed by atoms with Gasteiger partial charge in [0.2, 0.25) is 0 Å². The van der Waals surface area contributed by atoms with Gasteiger partial charge in [0.15, 0.2) is 0 Å². The average molecular weight is 270 g/mol. The van der Waals surface area contributed by atoms with Gasteiger partial charge in [-0.1, -0.05) is 12.1 Å². The van der Waals surface area contributed by atoms with Crippen molar-refractivity contribution in [2.45, 2.75) is 33.4 Å². The van der Waals surface area contributed by atoms with Gasteiger partial charge in [0.05, 0.1) is 11.6 Å². The first kappa shape index (κ1) is 13.8. The first-order chi connectivity index (χ1) is 9.10. The Balaban J connectivity index is 2.01. The molecule has 1 N–H and O–H groups in total. The number of rotatable bonds is 4. The summed E-state index contributed by atoms with van der Waals surface area (Å²) in [5.74, 6) is 0. The second kappa shape index (κ2) is 6.01. The molecule has 0 fully saturated rings. The third-order valence-electron chi connectivity index (χ3n) is 3.32. The predicted molar refractivity (Wildman–Crippen MR) is 80.2 cm³/mol. The maximum Gasteiger partial charge on any atom is 0.0991 e. The number of hydrogen-bond acceptors (Lipinski definition) is 3. The second-order valence-electron chi connectivity index (χ2n) is 4.79. The van der Waals surface area contributed by atoms with Crippen molar-refractivity contribution in [1.82, 2.24) is 5.32 Å².